The van der Waals surface area contributed by atoms with E-state index in [9.17, 15) is 9.59 Å². The zero-order valence-electron chi connectivity index (χ0n) is 17.1. The lowest BCUT2D eigenvalue weighted by Crippen LogP contribution is -2.47. The lowest BCUT2D eigenvalue weighted by atomic mass is 9.73. The second-order valence-corrected chi connectivity index (χ2v) is 7.88. The van der Waals surface area contributed by atoms with Crippen LogP contribution in [0.1, 0.15) is 42.2 Å². The van der Waals surface area contributed by atoms with Crippen LogP contribution in [0.5, 0.6) is 5.75 Å². The molecule has 150 valence electrons. The fourth-order valence-corrected chi connectivity index (χ4v) is 4.57. The number of ketones is 1. The largest absolute Gasteiger partial charge is 0.497 e. The van der Waals surface area contributed by atoms with Crippen LogP contribution in [0.15, 0.2) is 65.9 Å². The Hall–Kier alpha value is -2.92. The van der Waals surface area contributed by atoms with Gasteiger partial charge in [0.05, 0.1) is 7.11 Å². The molecule has 0 saturated heterocycles. The van der Waals surface area contributed by atoms with Gasteiger partial charge in [-0.2, -0.15) is 0 Å². The fourth-order valence-electron chi connectivity index (χ4n) is 4.57. The van der Waals surface area contributed by atoms with Crippen molar-refractivity contribution in [1.29, 1.82) is 0 Å². The number of carbonyl (C=O) groups is 2. The van der Waals surface area contributed by atoms with Gasteiger partial charge in [0.15, 0.2) is 5.78 Å². The molecule has 0 fully saturated rings. The SMILES string of the molecule is COc1ccc(C2CC(=O)N(N(C)C)C3=C2C(=O)CC(c2ccccc2)C3)cc1. The first kappa shape index (κ1) is 19.4. The Morgan fingerprint density at radius 3 is 2.21 bits per heavy atom. The van der Waals surface area contributed by atoms with Gasteiger partial charge in [-0.15, -0.1) is 0 Å². The summed E-state index contributed by atoms with van der Waals surface area (Å²) in [6.07, 6.45) is 1.46. The zero-order chi connectivity index (χ0) is 20.5. The van der Waals surface area contributed by atoms with Crippen molar-refractivity contribution in [2.24, 2.45) is 0 Å². The van der Waals surface area contributed by atoms with Crippen molar-refractivity contribution in [3.05, 3.63) is 77.0 Å². The normalized spacial score (nSPS) is 22.1. The van der Waals surface area contributed by atoms with E-state index in [0.29, 0.717) is 19.3 Å². The summed E-state index contributed by atoms with van der Waals surface area (Å²) in [5.74, 6) is 0.812. The molecule has 0 bridgehead atoms. The molecule has 0 N–H and O–H groups in total. The van der Waals surface area contributed by atoms with Gasteiger partial charge in [0, 0.05) is 44.1 Å². The molecule has 29 heavy (non-hydrogen) atoms. The predicted octanol–water partition coefficient (Wildman–Crippen LogP) is 3.89. The van der Waals surface area contributed by atoms with E-state index in [1.807, 2.05) is 56.6 Å². The molecule has 0 aromatic heterocycles. The number of carbonyl (C=O) groups excluding carboxylic acids is 2. The molecule has 2 aromatic rings. The third-order valence-corrected chi connectivity index (χ3v) is 5.89. The smallest absolute Gasteiger partial charge is 0.242 e. The van der Waals surface area contributed by atoms with Crippen LogP contribution >= 0.6 is 0 Å². The summed E-state index contributed by atoms with van der Waals surface area (Å²) in [5, 5.41) is 3.49. The topological polar surface area (TPSA) is 49.9 Å². The number of Topliss-reactive ketones (excluding diaryl/α,β-unsaturated/α-hetero) is 1. The number of methoxy groups -OCH3 is 1. The Kier molecular flexibility index (Phi) is 5.24. The van der Waals surface area contributed by atoms with Gasteiger partial charge in [-0.1, -0.05) is 42.5 Å². The Morgan fingerprint density at radius 2 is 1.59 bits per heavy atom. The maximum atomic E-state index is 13.4. The molecule has 0 spiro atoms. The van der Waals surface area contributed by atoms with Gasteiger partial charge in [-0.25, -0.2) is 10.0 Å². The summed E-state index contributed by atoms with van der Waals surface area (Å²) in [6.45, 7) is 0. The number of hydrazine groups is 1. The molecule has 1 aliphatic heterocycles. The van der Waals surface area contributed by atoms with Crippen molar-refractivity contribution < 1.29 is 14.3 Å². The van der Waals surface area contributed by atoms with E-state index >= 15 is 0 Å². The van der Waals surface area contributed by atoms with E-state index < -0.39 is 0 Å². The van der Waals surface area contributed by atoms with Gasteiger partial charge < -0.3 is 4.74 Å². The molecule has 2 aromatic carbocycles. The monoisotopic (exact) mass is 390 g/mol. The summed E-state index contributed by atoms with van der Waals surface area (Å²) in [4.78, 5) is 26.4. The minimum absolute atomic E-state index is 0.0241. The summed E-state index contributed by atoms with van der Waals surface area (Å²) < 4.78 is 5.26. The first-order valence-corrected chi connectivity index (χ1v) is 9.95. The van der Waals surface area contributed by atoms with Crippen molar-refractivity contribution in [1.82, 2.24) is 10.0 Å². The highest BCUT2D eigenvalue weighted by Crippen LogP contribution is 2.45. The summed E-state index contributed by atoms with van der Waals surface area (Å²) in [5.41, 5.74) is 3.76. The molecular formula is C24H26N2O3. The van der Waals surface area contributed by atoms with E-state index in [0.717, 1.165) is 28.1 Å². The lowest BCUT2D eigenvalue weighted by molar-refractivity contribution is -0.143. The molecule has 5 heteroatoms. The minimum Gasteiger partial charge on any atom is -0.497 e. The maximum Gasteiger partial charge on any atom is 0.242 e. The molecule has 1 aliphatic carbocycles. The van der Waals surface area contributed by atoms with Crippen molar-refractivity contribution in [3.63, 3.8) is 0 Å². The minimum atomic E-state index is -0.205. The predicted molar refractivity (Wildman–Crippen MR) is 111 cm³/mol. The van der Waals surface area contributed by atoms with Crippen LogP contribution in [0.2, 0.25) is 0 Å². The second-order valence-electron chi connectivity index (χ2n) is 7.88. The Bertz CT molecular complexity index is 948. The number of allylic oxidation sites excluding steroid dienone is 2. The lowest BCUT2D eigenvalue weighted by Gasteiger charge is -2.42. The van der Waals surface area contributed by atoms with Crippen molar-refractivity contribution >= 4 is 11.7 Å². The van der Waals surface area contributed by atoms with Crippen LogP contribution < -0.4 is 4.74 Å². The van der Waals surface area contributed by atoms with Gasteiger partial charge in [-0.3, -0.25) is 9.59 Å². The zero-order valence-corrected chi connectivity index (χ0v) is 17.1. The molecule has 2 atom stereocenters. The maximum absolute atomic E-state index is 13.4. The average Bonchev–Trinajstić information content (AvgIpc) is 2.73. The quantitative estimate of drug-likeness (QED) is 0.795. The number of benzene rings is 2. The van der Waals surface area contributed by atoms with Crippen LogP contribution in [-0.2, 0) is 9.59 Å². The first-order valence-electron chi connectivity index (χ1n) is 9.95. The van der Waals surface area contributed by atoms with Crippen LogP contribution in [0.25, 0.3) is 0 Å². The number of hydrogen-bond acceptors (Lipinski definition) is 4. The van der Waals surface area contributed by atoms with E-state index in [1.165, 1.54) is 0 Å². The number of rotatable bonds is 4. The summed E-state index contributed by atoms with van der Waals surface area (Å²) >= 11 is 0. The third kappa shape index (κ3) is 3.58. The fraction of sp³-hybridized carbons (Fsp3) is 0.333. The molecular weight excluding hydrogens is 364 g/mol. The van der Waals surface area contributed by atoms with E-state index in [4.69, 9.17) is 4.74 Å². The van der Waals surface area contributed by atoms with E-state index in [-0.39, 0.29) is 23.5 Å². The highest BCUT2D eigenvalue weighted by molar-refractivity contribution is 6.02. The molecule has 4 rings (SSSR count). The third-order valence-electron chi connectivity index (χ3n) is 5.89. The van der Waals surface area contributed by atoms with Crippen molar-refractivity contribution in [2.45, 2.75) is 31.1 Å². The summed E-state index contributed by atoms with van der Waals surface area (Å²) in [7, 11) is 5.34. The number of nitrogens with zero attached hydrogens (tertiary/aromatic N) is 2. The molecule has 0 radical (unpaired) electrons. The molecule has 1 heterocycles. The van der Waals surface area contributed by atoms with Crippen LogP contribution in [0.4, 0.5) is 0 Å². The Balaban J connectivity index is 1.78. The molecule has 2 unspecified atom stereocenters. The van der Waals surface area contributed by atoms with Crippen molar-refractivity contribution in [3.8, 4) is 5.75 Å². The van der Waals surface area contributed by atoms with E-state index in [1.54, 1.807) is 17.1 Å². The second kappa shape index (κ2) is 7.84. The Morgan fingerprint density at radius 1 is 0.897 bits per heavy atom. The average molecular weight is 390 g/mol. The van der Waals surface area contributed by atoms with Gasteiger partial charge in [0.2, 0.25) is 5.91 Å². The molecule has 5 nitrogen and oxygen atoms in total. The van der Waals surface area contributed by atoms with Crippen LogP contribution in [-0.4, -0.2) is 42.9 Å². The molecule has 1 amide bonds. The van der Waals surface area contributed by atoms with Crippen LogP contribution in [0.3, 0.4) is 0 Å². The first-order chi connectivity index (χ1) is 14.0. The van der Waals surface area contributed by atoms with Crippen LogP contribution in [0, 0.1) is 0 Å². The highest BCUT2D eigenvalue weighted by Gasteiger charge is 2.42. The van der Waals surface area contributed by atoms with Gasteiger partial charge in [0.1, 0.15) is 5.75 Å². The standard InChI is InChI=1S/C24H26N2O3/c1-25(2)26-21-13-18(16-7-5-4-6-8-16)14-22(27)24(21)20(15-23(26)28)17-9-11-19(29-3)12-10-17/h4-12,18,20H,13-15H2,1-3H3. The van der Waals surface area contributed by atoms with Crippen molar-refractivity contribution in [2.75, 3.05) is 21.2 Å². The van der Waals surface area contributed by atoms with Gasteiger partial charge in [-0.05, 0) is 35.6 Å². The molecule has 2 aliphatic rings. The summed E-state index contributed by atoms with van der Waals surface area (Å²) in [6, 6.07) is 17.8. The highest BCUT2D eigenvalue weighted by atomic mass is 16.5. The van der Waals surface area contributed by atoms with Gasteiger partial charge in [0.25, 0.3) is 0 Å². The van der Waals surface area contributed by atoms with E-state index in [2.05, 4.69) is 12.1 Å². The number of amides is 1. The van der Waals surface area contributed by atoms with Gasteiger partial charge >= 0.3 is 0 Å². The Labute approximate surface area is 171 Å². The molecule has 0 saturated carbocycles. The number of hydrogen-bond donors (Lipinski definition) is 0. The number of ether oxygens (including phenoxy) is 1.